The summed E-state index contributed by atoms with van der Waals surface area (Å²) in [6.45, 7) is 2.70. The Bertz CT molecular complexity index is 110. The van der Waals surface area contributed by atoms with Crippen LogP contribution >= 0.6 is 0 Å². The van der Waals surface area contributed by atoms with Crippen molar-refractivity contribution >= 4 is 0 Å². The normalized spacial score (nSPS) is 26.2. The maximum atomic E-state index is 12.6. The number of aliphatic hydroxyl groups is 1. The smallest absolute Gasteiger partial charge is 0.114 e. The fraction of sp³-hybridized carbons (Fsp3) is 1.00. The van der Waals surface area contributed by atoms with Gasteiger partial charge >= 0.3 is 0 Å². The molecule has 0 aromatic heterocycles. The largest absolute Gasteiger partial charge is 0.396 e. The van der Waals surface area contributed by atoms with Crippen molar-refractivity contribution in [3.63, 3.8) is 0 Å². The number of hydrogen-bond acceptors (Lipinski definition) is 2. The Morgan fingerprint density at radius 2 is 2.27 bits per heavy atom. The number of unbranched alkanes of at least 4 members (excludes halogenated alkanes) is 1. The Morgan fingerprint density at radius 1 is 1.45 bits per heavy atom. The van der Waals surface area contributed by atoms with Crippen molar-refractivity contribution in [2.45, 2.75) is 25.4 Å². The van der Waals surface area contributed by atoms with Crippen molar-refractivity contribution in [2.24, 2.45) is 0 Å². The zero-order valence-corrected chi connectivity index (χ0v) is 6.80. The van der Waals surface area contributed by atoms with Crippen LogP contribution in [-0.2, 0) is 0 Å². The molecule has 1 N–H and O–H groups in total. The van der Waals surface area contributed by atoms with Crippen LogP contribution in [0.2, 0.25) is 0 Å². The number of alkyl halides is 1. The molecule has 0 spiro atoms. The van der Waals surface area contributed by atoms with E-state index in [1.165, 1.54) is 0 Å². The van der Waals surface area contributed by atoms with Gasteiger partial charge in [0.2, 0.25) is 0 Å². The highest BCUT2D eigenvalue weighted by Gasteiger charge is 2.20. The third-order valence-corrected chi connectivity index (χ3v) is 2.10. The standard InChI is InChI=1S/C8H16FNO/c9-8-3-5-10(7-8)4-1-2-6-11/h8,11H,1-7H2. The lowest BCUT2D eigenvalue weighted by atomic mass is 10.3. The van der Waals surface area contributed by atoms with Crippen molar-refractivity contribution in [1.82, 2.24) is 4.90 Å². The number of nitrogens with zero attached hydrogens (tertiary/aromatic N) is 1. The van der Waals surface area contributed by atoms with E-state index < -0.39 is 6.17 Å². The predicted molar refractivity (Wildman–Crippen MR) is 42.3 cm³/mol. The molecule has 1 atom stereocenters. The van der Waals surface area contributed by atoms with Crippen LogP contribution in [0.25, 0.3) is 0 Å². The van der Waals surface area contributed by atoms with Crippen LogP contribution in [0.3, 0.4) is 0 Å². The second-order valence-corrected chi connectivity index (χ2v) is 3.12. The molecule has 1 saturated heterocycles. The predicted octanol–water partition coefficient (Wildman–Crippen LogP) is 0.803. The quantitative estimate of drug-likeness (QED) is 0.616. The molecule has 1 aliphatic rings. The van der Waals surface area contributed by atoms with Gasteiger partial charge in [0.1, 0.15) is 6.17 Å². The summed E-state index contributed by atoms with van der Waals surface area (Å²) in [5.41, 5.74) is 0. The molecular weight excluding hydrogens is 145 g/mol. The van der Waals surface area contributed by atoms with E-state index in [-0.39, 0.29) is 6.61 Å². The van der Waals surface area contributed by atoms with Crippen LogP contribution < -0.4 is 0 Å². The van der Waals surface area contributed by atoms with E-state index in [4.69, 9.17) is 5.11 Å². The topological polar surface area (TPSA) is 23.5 Å². The molecule has 2 nitrogen and oxygen atoms in total. The molecule has 1 rings (SSSR count). The maximum absolute atomic E-state index is 12.6. The molecule has 0 saturated carbocycles. The van der Waals surface area contributed by atoms with Gasteiger partial charge in [-0.05, 0) is 25.8 Å². The minimum absolute atomic E-state index is 0.257. The molecule has 0 bridgehead atoms. The first-order chi connectivity index (χ1) is 5.33. The van der Waals surface area contributed by atoms with Gasteiger partial charge in [-0.1, -0.05) is 0 Å². The summed E-state index contributed by atoms with van der Waals surface area (Å²) in [4.78, 5) is 2.13. The van der Waals surface area contributed by atoms with Crippen LogP contribution in [0.4, 0.5) is 4.39 Å². The lowest BCUT2D eigenvalue weighted by Gasteiger charge is -2.12. The summed E-state index contributed by atoms with van der Waals surface area (Å²) in [6, 6.07) is 0. The second kappa shape index (κ2) is 4.67. The van der Waals surface area contributed by atoms with E-state index in [2.05, 4.69) is 4.90 Å². The lowest BCUT2D eigenvalue weighted by molar-refractivity contribution is 0.253. The van der Waals surface area contributed by atoms with Gasteiger partial charge in [0.25, 0.3) is 0 Å². The summed E-state index contributed by atoms with van der Waals surface area (Å²) < 4.78 is 12.6. The molecule has 0 aromatic rings. The molecule has 11 heavy (non-hydrogen) atoms. The van der Waals surface area contributed by atoms with Crippen LogP contribution in [-0.4, -0.2) is 42.4 Å². The molecule has 0 aromatic carbocycles. The highest BCUT2D eigenvalue weighted by atomic mass is 19.1. The van der Waals surface area contributed by atoms with Crippen LogP contribution in [0.5, 0.6) is 0 Å². The Morgan fingerprint density at radius 3 is 2.82 bits per heavy atom. The van der Waals surface area contributed by atoms with E-state index >= 15 is 0 Å². The monoisotopic (exact) mass is 161 g/mol. The van der Waals surface area contributed by atoms with Gasteiger partial charge in [0, 0.05) is 19.7 Å². The van der Waals surface area contributed by atoms with Gasteiger partial charge in [-0.3, -0.25) is 0 Å². The molecular formula is C8H16FNO. The number of halogens is 1. The fourth-order valence-electron chi connectivity index (χ4n) is 1.44. The first-order valence-corrected chi connectivity index (χ1v) is 4.30. The Labute approximate surface area is 67.0 Å². The van der Waals surface area contributed by atoms with Crippen LogP contribution in [0.1, 0.15) is 19.3 Å². The molecule has 3 heteroatoms. The SMILES string of the molecule is OCCCCN1CCC(F)C1. The van der Waals surface area contributed by atoms with Gasteiger partial charge < -0.3 is 10.0 Å². The van der Waals surface area contributed by atoms with E-state index in [9.17, 15) is 4.39 Å². The minimum Gasteiger partial charge on any atom is -0.396 e. The summed E-state index contributed by atoms with van der Waals surface area (Å²) in [5, 5.41) is 8.50. The molecule has 0 radical (unpaired) electrons. The van der Waals surface area contributed by atoms with Gasteiger partial charge in [-0.25, -0.2) is 4.39 Å². The average molecular weight is 161 g/mol. The highest BCUT2D eigenvalue weighted by Crippen LogP contribution is 2.12. The maximum Gasteiger partial charge on any atom is 0.114 e. The zero-order chi connectivity index (χ0) is 8.10. The second-order valence-electron chi connectivity index (χ2n) is 3.12. The Hall–Kier alpha value is -0.150. The van der Waals surface area contributed by atoms with Gasteiger partial charge in [-0.15, -0.1) is 0 Å². The minimum atomic E-state index is -0.607. The molecule has 0 amide bonds. The summed E-state index contributed by atoms with van der Waals surface area (Å²) in [5.74, 6) is 0. The Kier molecular flexibility index (Phi) is 3.80. The van der Waals surface area contributed by atoms with E-state index in [0.29, 0.717) is 13.0 Å². The number of rotatable bonds is 4. The number of likely N-dealkylation sites (tertiary alicyclic amines) is 1. The molecule has 1 unspecified atom stereocenters. The van der Waals surface area contributed by atoms with Gasteiger partial charge in [0.15, 0.2) is 0 Å². The average Bonchev–Trinajstić information content (AvgIpc) is 2.37. The van der Waals surface area contributed by atoms with Crippen molar-refractivity contribution < 1.29 is 9.50 Å². The van der Waals surface area contributed by atoms with Crippen molar-refractivity contribution in [2.75, 3.05) is 26.2 Å². The van der Waals surface area contributed by atoms with E-state index in [0.717, 1.165) is 25.9 Å². The van der Waals surface area contributed by atoms with E-state index in [1.54, 1.807) is 0 Å². The van der Waals surface area contributed by atoms with Crippen molar-refractivity contribution in [3.05, 3.63) is 0 Å². The van der Waals surface area contributed by atoms with Gasteiger partial charge in [-0.2, -0.15) is 0 Å². The first kappa shape index (κ1) is 8.94. The summed E-state index contributed by atoms with van der Waals surface area (Å²) in [7, 11) is 0. The van der Waals surface area contributed by atoms with Gasteiger partial charge in [0.05, 0.1) is 0 Å². The van der Waals surface area contributed by atoms with E-state index in [1.807, 2.05) is 0 Å². The molecule has 1 fully saturated rings. The Balaban J connectivity index is 1.99. The molecule has 1 aliphatic heterocycles. The highest BCUT2D eigenvalue weighted by molar-refractivity contribution is 4.74. The summed E-state index contributed by atoms with van der Waals surface area (Å²) >= 11 is 0. The van der Waals surface area contributed by atoms with Crippen molar-refractivity contribution in [3.8, 4) is 0 Å². The third kappa shape index (κ3) is 3.16. The zero-order valence-electron chi connectivity index (χ0n) is 6.80. The summed E-state index contributed by atoms with van der Waals surface area (Å²) in [6.07, 6.45) is 1.92. The first-order valence-electron chi connectivity index (χ1n) is 4.30. The molecule has 0 aliphatic carbocycles. The van der Waals surface area contributed by atoms with Crippen LogP contribution in [0.15, 0.2) is 0 Å². The third-order valence-electron chi connectivity index (χ3n) is 2.10. The fourth-order valence-corrected chi connectivity index (χ4v) is 1.44. The molecule has 66 valence electrons. The number of aliphatic hydroxyl groups excluding tert-OH is 1. The lowest BCUT2D eigenvalue weighted by Crippen LogP contribution is -2.22. The van der Waals surface area contributed by atoms with Crippen LogP contribution in [0, 0.1) is 0 Å². The van der Waals surface area contributed by atoms with Crippen molar-refractivity contribution in [1.29, 1.82) is 0 Å². The number of hydrogen-bond donors (Lipinski definition) is 1. The molecule has 1 heterocycles.